The number of pyridine rings is 1. The van der Waals surface area contributed by atoms with Gasteiger partial charge in [0.2, 0.25) is 0 Å². The number of rotatable bonds is 5. The van der Waals surface area contributed by atoms with Crippen LogP contribution in [0.1, 0.15) is 28.0 Å². The summed E-state index contributed by atoms with van der Waals surface area (Å²) < 4.78 is 7.98. The number of likely N-dealkylation sites (N-methyl/N-ethyl adjacent to an activating group) is 1. The van der Waals surface area contributed by atoms with E-state index in [9.17, 15) is 4.79 Å². The Hall–Kier alpha value is -2.86. The Morgan fingerprint density at radius 2 is 2.19 bits per heavy atom. The molecule has 4 rings (SSSR count). The number of para-hydroxylation sites is 1. The minimum absolute atomic E-state index is 0.00912. The fraction of sp³-hybridized carbons (Fsp3) is 0.333. The average Bonchev–Trinajstić information content (AvgIpc) is 3.36. The number of hydrogen-bond donors (Lipinski definition) is 1. The van der Waals surface area contributed by atoms with Gasteiger partial charge in [0.05, 0.1) is 11.3 Å². The molecule has 0 aliphatic carbocycles. The lowest BCUT2D eigenvalue weighted by atomic mass is 10.1. The summed E-state index contributed by atoms with van der Waals surface area (Å²) in [5, 5.41) is 3.30. The Morgan fingerprint density at radius 3 is 2.96 bits per heavy atom. The number of aromatic nitrogens is 2. The van der Waals surface area contributed by atoms with Crippen molar-refractivity contribution in [2.24, 2.45) is 0 Å². The van der Waals surface area contributed by atoms with E-state index in [0.717, 1.165) is 36.4 Å². The topological polar surface area (TPSA) is 58.9 Å². The Bertz CT molecular complexity index is 960. The predicted octanol–water partition coefficient (Wildman–Crippen LogP) is 2.66. The van der Waals surface area contributed by atoms with Crippen molar-refractivity contribution in [2.75, 3.05) is 20.1 Å². The Morgan fingerprint density at radius 1 is 1.33 bits per heavy atom. The summed E-state index contributed by atoms with van der Waals surface area (Å²) >= 11 is 0. The van der Waals surface area contributed by atoms with Gasteiger partial charge < -0.3 is 19.4 Å². The van der Waals surface area contributed by atoms with Crippen LogP contribution < -0.4 is 10.1 Å². The molecule has 1 saturated heterocycles. The van der Waals surface area contributed by atoms with Gasteiger partial charge in [0, 0.05) is 32.0 Å². The first kappa shape index (κ1) is 17.5. The Balaban J connectivity index is 1.52. The summed E-state index contributed by atoms with van der Waals surface area (Å²) in [4.78, 5) is 19.4. The standard InChI is InChI=1S/C21H24N4O2/c1-15-6-5-11-25-13-16(23-20(15)25)14-27-19-8-4-3-7-18(19)21(26)24(2)17-9-10-22-12-17/h3-8,11,13,17,22H,9-10,12,14H2,1-2H3. The number of imidazole rings is 1. The third-order valence-electron chi connectivity index (χ3n) is 5.12. The van der Waals surface area contributed by atoms with Gasteiger partial charge in [0.1, 0.15) is 18.0 Å². The highest BCUT2D eigenvalue weighted by molar-refractivity contribution is 5.97. The van der Waals surface area contributed by atoms with Crippen molar-refractivity contribution in [1.29, 1.82) is 0 Å². The molecule has 2 aromatic heterocycles. The molecule has 1 aliphatic rings. The summed E-state index contributed by atoms with van der Waals surface area (Å²) in [5.41, 5.74) is 3.46. The van der Waals surface area contributed by atoms with Crippen LogP contribution in [0.4, 0.5) is 0 Å². The van der Waals surface area contributed by atoms with Crippen LogP contribution in [-0.4, -0.2) is 46.4 Å². The molecule has 0 radical (unpaired) electrons. The molecule has 3 aromatic rings. The Labute approximate surface area is 158 Å². The van der Waals surface area contributed by atoms with Crippen LogP contribution in [0.2, 0.25) is 0 Å². The van der Waals surface area contributed by atoms with Gasteiger partial charge in [-0.1, -0.05) is 18.2 Å². The molecule has 1 fully saturated rings. The monoisotopic (exact) mass is 364 g/mol. The van der Waals surface area contributed by atoms with Crippen LogP contribution in [0.5, 0.6) is 5.75 Å². The van der Waals surface area contributed by atoms with E-state index < -0.39 is 0 Å². The molecule has 1 N–H and O–H groups in total. The van der Waals surface area contributed by atoms with E-state index in [1.165, 1.54) is 0 Å². The van der Waals surface area contributed by atoms with E-state index in [0.29, 0.717) is 17.9 Å². The van der Waals surface area contributed by atoms with E-state index in [-0.39, 0.29) is 11.9 Å². The van der Waals surface area contributed by atoms with Crippen LogP contribution in [0, 0.1) is 6.92 Å². The molecular weight excluding hydrogens is 340 g/mol. The molecule has 27 heavy (non-hydrogen) atoms. The minimum atomic E-state index is -0.00912. The first-order chi connectivity index (χ1) is 13.1. The quantitative estimate of drug-likeness (QED) is 0.756. The summed E-state index contributed by atoms with van der Waals surface area (Å²) in [7, 11) is 1.86. The number of nitrogens with one attached hydrogen (secondary N) is 1. The van der Waals surface area contributed by atoms with Gasteiger partial charge in [-0.25, -0.2) is 4.98 Å². The lowest BCUT2D eigenvalue weighted by molar-refractivity contribution is 0.0739. The molecule has 1 atom stereocenters. The zero-order valence-electron chi connectivity index (χ0n) is 15.7. The van der Waals surface area contributed by atoms with Gasteiger partial charge in [0.15, 0.2) is 0 Å². The number of carbonyl (C=O) groups is 1. The smallest absolute Gasteiger partial charge is 0.257 e. The van der Waals surface area contributed by atoms with Gasteiger partial charge in [-0.3, -0.25) is 4.79 Å². The minimum Gasteiger partial charge on any atom is -0.486 e. The van der Waals surface area contributed by atoms with Crippen molar-refractivity contribution in [2.45, 2.75) is 26.0 Å². The van der Waals surface area contributed by atoms with Gasteiger partial charge in [-0.05, 0) is 43.7 Å². The summed E-state index contributed by atoms with van der Waals surface area (Å²) in [6, 6.07) is 11.7. The maximum absolute atomic E-state index is 12.9. The number of benzene rings is 1. The fourth-order valence-corrected chi connectivity index (χ4v) is 3.52. The average molecular weight is 364 g/mol. The van der Waals surface area contributed by atoms with E-state index in [1.807, 2.05) is 72.1 Å². The maximum Gasteiger partial charge on any atom is 0.257 e. The molecule has 6 heteroatoms. The molecular formula is C21H24N4O2. The van der Waals surface area contributed by atoms with Crippen molar-refractivity contribution < 1.29 is 9.53 Å². The summed E-state index contributed by atoms with van der Waals surface area (Å²) in [6.45, 7) is 4.15. The fourth-order valence-electron chi connectivity index (χ4n) is 3.52. The molecule has 1 amide bonds. The maximum atomic E-state index is 12.9. The highest BCUT2D eigenvalue weighted by Crippen LogP contribution is 2.22. The second-order valence-corrected chi connectivity index (χ2v) is 7.00. The first-order valence-electron chi connectivity index (χ1n) is 9.26. The first-order valence-corrected chi connectivity index (χ1v) is 9.26. The lowest BCUT2D eigenvalue weighted by Gasteiger charge is -2.24. The van der Waals surface area contributed by atoms with Crippen LogP contribution in [0.3, 0.4) is 0 Å². The second kappa shape index (κ2) is 7.40. The van der Waals surface area contributed by atoms with Gasteiger partial charge in [-0.15, -0.1) is 0 Å². The highest BCUT2D eigenvalue weighted by Gasteiger charge is 2.25. The van der Waals surface area contributed by atoms with Crippen LogP contribution in [-0.2, 0) is 6.61 Å². The largest absolute Gasteiger partial charge is 0.486 e. The zero-order valence-corrected chi connectivity index (χ0v) is 15.7. The van der Waals surface area contributed by atoms with E-state index in [2.05, 4.69) is 10.3 Å². The molecule has 1 aromatic carbocycles. The number of carbonyl (C=O) groups excluding carboxylic acids is 1. The lowest BCUT2D eigenvalue weighted by Crippen LogP contribution is -2.38. The van der Waals surface area contributed by atoms with Gasteiger partial charge in [0.25, 0.3) is 5.91 Å². The highest BCUT2D eigenvalue weighted by atomic mass is 16.5. The molecule has 0 saturated carbocycles. The molecule has 1 aliphatic heterocycles. The molecule has 3 heterocycles. The van der Waals surface area contributed by atoms with E-state index in [1.54, 1.807) is 0 Å². The number of fused-ring (bicyclic) bond motifs is 1. The molecule has 1 unspecified atom stereocenters. The van der Waals surface area contributed by atoms with Crippen molar-refractivity contribution in [3.63, 3.8) is 0 Å². The Kier molecular flexibility index (Phi) is 4.81. The normalized spacial score (nSPS) is 16.6. The summed E-state index contributed by atoms with van der Waals surface area (Å²) in [5.74, 6) is 0.583. The van der Waals surface area contributed by atoms with E-state index >= 15 is 0 Å². The van der Waals surface area contributed by atoms with Crippen LogP contribution in [0.15, 0.2) is 48.8 Å². The second-order valence-electron chi connectivity index (χ2n) is 7.00. The van der Waals surface area contributed by atoms with E-state index in [4.69, 9.17) is 4.74 Å². The number of nitrogens with zero attached hydrogens (tertiary/aromatic N) is 3. The predicted molar refractivity (Wildman–Crippen MR) is 104 cm³/mol. The molecule has 0 bridgehead atoms. The number of aryl methyl sites for hydroxylation is 1. The van der Waals surface area contributed by atoms with Crippen molar-refractivity contribution in [1.82, 2.24) is 19.6 Å². The zero-order chi connectivity index (χ0) is 18.8. The summed E-state index contributed by atoms with van der Waals surface area (Å²) in [6.07, 6.45) is 4.91. The number of hydrogen-bond acceptors (Lipinski definition) is 4. The van der Waals surface area contributed by atoms with Crippen molar-refractivity contribution >= 4 is 11.6 Å². The van der Waals surface area contributed by atoms with Crippen molar-refractivity contribution in [3.8, 4) is 5.75 Å². The van der Waals surface area contributed by atoms with Crippen LogP contribution in [0.25, 0.3) is 5.65 Å². The van der Waals surface area contributed by atoms with Gasteiger partial charge >= 0.3 is 0 Å². The van der Waals surface area contributed by atoms with Crippen LogP contribution >= 0.6 is 0 Å². The van der Waals surface area contributed by atoms with Gasteiger partial charge in [-0.2, -0.15) is 0 Å². The number of amides is 1. The third kappa shape index (κ3) is 3.53. The SMILES string of the molecule is Cc1cccn2cc(COc3ccccc3C(=O)N(C)C3CCNC3)nc12. The van der Waals surface area contributed by atoms with Crippen molar-refractivity contribution in [3.05, 3.63) is 65.6 Å². The molecule has 0 spiro atoms. The number of ether oxygens (including phenoxy) is 1. The molecule has 6 nitrogen and oxygen atoms in total. The third-order valence-corrected chi connectivity index (χ3v) is 5.12. The molecule has 140 valence electrons.